The quantitative estimate of drug-likeness (QED) is 0.635. The first kappa shape index (κ1) is 17.7. The van der Waals surface area contributed by atoms with Crippen LogP contribution in [-0.4, -0.2) is 19.4 Å². The predicted octanol–water partition coefficient (Wildman–Crippen LogP) is 3.49. The van der Waals surface area contributed by atoms with Crippen molar-refractivity contribution in [3.05, 3.63) is 58.1 Å². The number of hydrogen-bond donors (Lipinski definition) is 1. The molecule has 1 N–H and O–H groups in total. The standard InChI is InChI=1S/C16H18N2O5S/c1-11(2)23-15-7-5-4-6-14(15)17-24(21,22)16-10-13(18(19)20)9-8-12(16)3/h4-11,17H,1-3H3. The number of benzene rings is 2. The number of para-hydroxylation sites is 2. The van der Waals surface area contributed by atoms with Gasteiger partial charge in [0, 0.05) is 12.1 Å². The van der Waals surface area contributed by atoms with Gasteiger partial charge in [0.05, 0.1) is 21.6 Å². The van der Waals surface area contributed by atoms with Crippen molar-refractivity contribution in [1.29, 1.82) is 0 Å². The van der Waals surface area contributed by atoms with E-state index >= 15 is 0 Å². The minimum Gasteiger partial charge on any atom is -0.489 e. The third-order valence-electron chi connectivity index (χ3n) is 3.17. The Balaban J connectivity index is 2.43. The van der Waals surface area contributed by atoms with Crippen molar-refractivity contribution in [1.82, 2.24) is 0 Å². The number of hydrogen-bond acceptors (Lipinski definition) is 5. The summed E-state index contributed by atoms with van der Waals surface area (Å²) in [6, 6.07) is 10.3. The smallest absolute Gasteiger partial charge is 0.270 e. The number of nitro benzene ring substituents is 1. The molecule has 2 aromatic carbocycles. The topological polar surface area (TPSA) is 98.5 Å². The summed E-state index contributed by atoms with van der Waals surface area (Å²) in [4.78, 5) is 10.1. The molecule has 0 unspecified atom stereocenters. The highest BCUT2D eigenvalue weighted by molar-refractivity contribution is 7.92. The molecule has 0 aromatic heterocycles. The molecule has 2 aromatic rings. The fourth-order valence-electron chi connectivity index (χ4n) is 2.10. The molecule has 128 valence electrons. The van der Waals surface area contributed by atoms with E-state index in [9.17, 15) is 18.5 Å². The van der Waals surface area contributed by atoms with Crippen LogP contribution in [0.1, 0.15) is 19.4 Å². The van der Waals surface area contributed by atoms with Gasteiger partial charge in [-0.05, 0) is 38.5 Å². The molecule has 0 bridgehead atoms. The zero-order valence-corrected chi connectivity index (χ0v) is 14.3. The van der Waals surface area contributed by atoms with Gasteiger partial charge >= 0.3 is 0 Å². The van der Waals surface area contributed by atoms with Crippen LogP contribution in [0.3, 0.4) is 0 Å². The number of nitrogens with one attached hydrogen (secondary N) is 1. The average molecular weight is 350 g/mol. The maximum atomic E-state index is 12.6. The number of nitrogens with zero attached hydrogens (tertiary/aromatic N) is 1. The Morgan fingerprint density at radius 3 is 2.46 bits per heavy atom. The third kappa shape index (κ3) is 4.02. The van der Waals surface area contributed by atoms with Gasteiger partial charge in [-0.1, -0.05) is 18.2 Å². The molecule has 0 aliphatic rings. The lowest BCUT2D eigenvalue weighted by Gasteiger charge is -2.16. The van der Waals surface area contributed by atoms with Crippen molar-refractivity contribution in [3.63, 3.8) is 0 Å². The summed E-state index contributed by atoms with van der Waals surface area (Å²) in [6.45, 7) is 5.24. The molecule has 0 atom stereocenters. The summed E-state index contributed by atoms with van der Waals surface area (Å²) < 4.78 is 33.3. The third-order valence-corrected chi connectivity index (χ3v) is 4.67. The number of non-ortho nitro benzene ring substituents is 1. The van der Waals surface area contributed by atoms with Gasteiger partial charge in [-0.25, -0.2) is 8.42 Å². The maximum Gasteiger partial charge on any atom is 0.270 e. The molecule has 0 heterocycles. The largest absolute Gasteiger partial charge is 0.489 e. The van der Waals surface area contributed by atoms with Crippen molar-refractivity contribution < 1.29 is 18.1 Å². The molecule has 0 saturated carbocycles. The maximum absolute atomic E-state index is 12.6. The number of rotatable bonds is 6. The Labute approximate surface area is 140 Å². The summed E-state index contributed by atoms with van der Waals surface area (Å²) in [5.74, 6) is 0.388. The van der Waals surface area contributed by atoms with E-state index in [2.05, 4.69) is 4.72 Å². The molecule has 0 fully saturated rings. The Kier molecular flexibility index (Phi) is 5.08. The number of anilines is 1. The van der Waals surface area contributed by atoms with Crippen LogP contribution in [0.5, 0.6) is 5.75 Å². The highest BCUT2D eigenvalue weighted by atomic mass is 32.2. The van der Waals surface area contributed by atoms with Crippen LogP contribution < -0.4 is 9.46 Å². The van der Waals surface area contributed by atoms with Gasteiger partial charge in [-0.3, -0.25) is 14.8 Å². The zero-order valence-electron chi connectivity index (χ0n) is 13.5. The van der Waals surface area contributed by atoms with E-state index in [-0.39, 0.29) is 22.4 Å². The molecule has 0 radical (unpaired) electrons. The minimum atomic E-state index is -3.99. The van der Waals surface area contributed by atoms with Crippen molar-refractivity contribution in [3.8, 4) is 5.75 Å². The molecular weight excluding hydrogens is 332 g/mol. The molecule has 0 spiro atoms. The Morgan fingerprint density at radius 1 is 1.17 bits per heavy atom. The number of sulfonamides is 1. The first-order valence-corrected chi connectivity index (χ1v) is 8.72. The Hall–Kier alpha value is -2.61. The van der Waals surface area contributed by atoms with Crippen molar-refractivity contribution in [2.45, 2.75) is 31.8 Å². The molecule has 0 aliphatic carbocycles. The summed E-state index contributed by atoms with van der Waals surface area (Å²) in [7, 11) is -3.99. The van der Waals surface area contributed by atoms with Crippen LogP contribution >= 0.6 is 0 Å². The molecule has 8 heteroatoms. The van der Waals surface area contributed by atoms with Crippen molar-refractivity contribution in [2.24, 2.45) is 0 Å². The number of nitro groups is 1. The second-order valence-electron chi connectivity index (χ2n) is 5.48. The molecule has 0 aliphatic heterocycles. The summed E-state index contributed by atoms with van der Waals surface area (Å²) >= 11 is 0. The van der Waals surface area contributed by atoms with Gasteiger partial charge in [0.1, 0.15) is 5.75 Å². The van der Waals surface area contributed by atoms with Crippen LogP contribution in [0.4, 0.5) is 11.4 Å². The van der Waals surface area contributed by atoms with Crippen LogP contribution in [0.25, 0.3) is 0 Å². The lowest BCUT2D eigenvalue weighted by Crippen LogP contribution is -2.16. The number of aryl methyl sites for hydroxylation is 1. The summed E-state index contributed by atoms with van der Waals surface area (Å²) in [6.07, 6.45) is -0.129. The highest BCUT2D eigenvalue weighted by Crippen LogP contribution is 2.29. The van der Waals surface area contributed by atoms with Gasteiger partial charge in [0.2, 0.25) is 0 Å². The second-order valence-corrected chi connectivity index (χ2v) is 7.13. The lowest BCUT2D eigenvalue weighted by atomic mass is 10.2. The average Bonchev–Trinajstić information content (AvgIpc) is 2.48. The molecular formula is C16H18N2O5S. The first-order chi connectivity index (χ1) is 11.2. The SMILES string of the molecule is Cc1ccc([N+](=O)[O-])cc1S(=O)(=O)Nc1ccccc1OC(C)C. The molecule has 0 amide bonds. The van der Waals surface area contributed by atoms with E-state index in [0.717, 1.165) is 6.07 Å². The Bertz CT molecular complexity index is 863. The molecule has 24 heavy (non-hydrogen) atoms. The van der Waals surface area contributed by atoms with E-state index in [1.54, 1.807) is 31.2 Å². The van der Waals surface area contributed by atoms with Gasteiger partial charge in [0.25, 0.3) is 15.7 Å². The lowest BCUT2D eigenvalue weighted by molar-refractivity contribution is -0.385. The van der Waals surface area contributed by atoms with E-state index in [1.165, 1.54) is 12.1 Å². The second kappa shape index (κ2) is 6.88. The van der Waals surface area contributed by atoms with Crippen LogP contribution in [0.15, 0.2) is 47.4 Å². The zero-order chi connectivity index (χ0) is 17.9. The van der Waals surface area contributed by atoms with Gasteiger partial charge < -0.3 is 4.74 Å². The fourth-order valence-corrected chi connectivity index (χ4v) is 3.44. The van der Waals surface area contributed by atoms with Gasteiger partial charge in [-0.15, -0.1) is 0 Å². The summed E-state index contributed by atoms with van der Waals surface area (Å²) in [5, 5.41) is 10.9. The van der Waals surface area contributed by atoms with E-state index in [1.807, 2.05) is 13.8 Å². The minimum absolute atomic E-state index is 0.129. The monoisotopic (exact) mass is 350 g/mol. The van der Waals surface area contributed by atoms with Crippen LogP contribution in [-0.2, 0) is 10.0 Å². The first-order valence-electron chi connectivity index (χ1n) is 7.24. The normalized spacial score (nSPS) is 11.3. The Morgan fingerprint density at radius 2 is 1.83 bits per heavy atom. The van der Waals surface area contributed by atoms with Crippen LogP contribution in [0.2, 0.25) is 0 Å². The fraction of sp³-hybridized carbons (Fsp3) is 0.250. The van der Waals surface area contributed by atoms with Crippen molar-refractivity contribution in [2.75, 3.05) is 4.72 Å². The molecule has 0 saturated heterocycles. The highest BCUT2D eigenvalue weighted by Gasteiger charge is 2.22. The van der Waals surface area contributed by atoms with Crippen molar-refractivity contribution >= 4 is 21.4 Å². The van der Waals surface area contributed by atoms with E-state index in [4.69, 9.17) is 4.74 Å². The van der Waals surface area contributed by atoms with Crippen LogP contribution in [0, 0.1) is 17.0 Å². The van der Waals surface area contributed by atoms with E-state index < -0.39 is 14.9 Å². The van der Waals surface area contributed by atoms with Gasteiger partial charge in [0.15, 0.2) is 0 Å². The van der Waals surface area contributed by atoms with Gasteiger partial charge in [-0.2, -0.15) is 0 Å². The van der Waals surface area contributed by atoms with E-state index in [0.29, 0.717) is 11.3 Å². The number of ether oxygens (including phenoxy) is 1. The summed E-state index contributed by atoms with van der Waals surface area (Å²) in [5.41, 5.74) is 0.403. The molecule has 7 nitrogen and oxygen atoms in total. The molecule has 2 rings (SSSR count). The predicted molar refractivity (Wildman–Crippen MR) is 90.8 cm³/mol.